The van der Waals surface area contributed by atoms with Crippen molar-refractivity contribution in [2.45, 2.75) is 25.4 Å². The molecule has 1 fully saturated rings. The average molecular weight is 291 g/mol. The third kappa shape index (κ3) is 4.55. The molecular formula is C16H18FNO3. The number of carbonyl (C=O) groups excluding carboxylic acids is 1. The minimum Gasteiger partial charge on any atom is -0.395 e. The van der Waals surface area contributed by atoms with Crippen LogP contribution in [-0.4, -0.2) is 36.9 Å². The number of ether oxygens (including phenoxy) is 1. The van der Waals surface area contributed by atoms with E-state index in [9.17, 15) is 9.18 Å². The van der Waals surface area contributed by atoms with Crippen molar-refractivity contribution in [1.82, 2.24) is 5.32 Å². The van der Waals surface area contributed by atoms with Gasteiger partial charge in [0.2, 0.25) is 0 Å². The van der Waals surface area contributed by atoms with Crippen molar-refractivity contribution >= 4 is 5.91 Å². The lowest BCUT2D eigenvalue weighted by atomic mass is 10.1. The fourth-order valence-electron chi connectivity index (χ4n) is 2.09. The zero-order chi connectivity index (χ0) is 15.1. The van der Waals surface area contributed by atoms with Crippen LogP contribution in [0.5, 0.6) is 0 Å². The summed E-state index contributed by atoms with van der Waals surface area (Å²) in [6, 6.07) is 4.19. The first kappa shape index (κ1) is 15.5. The Labute approximate surface area is 123 Å². The van der Waals surface area contributed by atoms with Gasteiger partial charge >= 0.3 is 0 Å². The quantitative estimate of drug-likeness (QED) is 0.826. The topological polar surface area (TPSA) is 58.6 Å². The first-order valence-electron chi connectivity index (χ1n) is 7.00. The first-order valence-corrected chi connectivity index (χ1v) is 7.00. The van der Waals surface area contributed by atoms with Crippen LogP contribution in [0, 0.1) is 17.7 Å². The summed E-state index contributed by atoms with van der Waals surface area (Å²) in [5, 5.41) is 11.4. The highest BCUT2D eigenvalue weighted by atomic mass is 19.1. The fourth-order valence-corrected chi connectivity index (χ4v) is 2.09. The van der Waals surface area contributed by atoms with Gasteiger partial charge in [0.15, 0.2) is 0 Å². The molecule has 1 aromatic rings. The van der Waals surface area contributed by atoms with Gasteiger partial charge in [-0.3, -0.25) is 4.79 Å². The highest BCUT2D eigenvalue weighted by Crippen LogP contribution is 2.12. The number of amides is 1. The van der Waals surface area contributed by atoms with Gasteiger partial charge in [-0.2, -0.15) is 0 Å². The van der Waals surface area contributed by atoms with Crippen LogP contribution in [0.2, 0.25) is 0 Å². The van der Waals surface area contributed by atoms with Crippen LogP contribution in [0.25, 0.3) is 0 Å². The Morgan fingerprint density at radius 2 is 2.38 bits per heavy atom. The minimum absolute atomic E-state index is 0.0572. The molecule has 1 heterocycles. The predicted octanol–water partition coefficient (Wildman–Crippen LogP) is 1.47. The van der Waals surface area contributed by atoms with Crippen LogP contribution in [0.15, 0.2) is 18.2 Å². The molecule has 21 heavy (non-hydrogen) atoms. The van der Waals surface area contributed by atoms with E-state index in [1.54, 1.807) is 0 Å². The second-order valence-corrected chi connectivity index (χ2v) is 4.82. The van der Waals surface area contributed by atoms with Gasteiger partial charge in [0.05, 0.1) is 18.3 Å². The molecule has 1 aliphatic rings. The normalized spacial score (nSPS) is 17.1. The molecule has 1 amide bonds. The number of benzene rings is 1. The van der Waals surface area contributed by atoms with Crippen LogP contribution in [0.3, 0.4) is 0 Å². The maximum Gasteiger partial charge on any atom is 0.251 e. The summed E-state index contributed by atoms with van der Waals surface area (Å²) < 4.78 is 19.2. The van der Waals surface area contributed by atoms with Gasteiger partial charge in [0.1, 0.15) is 5.82 Å². The van der Waals surface area contributed by atoms with Gasteiger partial charge in [-0.05, 0) is 31.0 Å². The molecule has 2 N–H and O–H groups in total. The van der Waals surface area contributed by atoms with Crippen molar-refractivity contribution in [3.8, 4) is 11.8 Å². The van der Waals surface area contributed by atoms with E-state index >= 15 is 0 Å². The zero-order valence-corrected chi connectivity index (χ0v) is 11.7. The summed E-state index contributed by atoms with van der Waals surface area (Å²) in [5.41, 5.74) is 0.484. The Hall–Kier alpha value is -1.90. The molecule has 1 aromatic carbocycles. The lowest BCUT2D eigenvalue weighted by molar-refractivity contribution is 0.0857. The average Bonchev–Trinajstić information content (AvgIpc) is 3.00. The second kappa shape index (κ2) is 7.77. The molecule has 1 saturated heterocycles. The number of hydrogen-bond donors (Lipinski definition) is 2. The molecule has 1 aliphatic heterocycles. The molecule has 0 bridgehead atoms. The van der Waals surface area contributed by atoms with Crippen molar-refractivity contribution < 1.29 is 19.0 Å². The number of rotatable bonds is 4. The third-order valence-corrected chi connectivity index (χ3v) is 3.21. The Kier molecular flexibility index (Phi) is 5.73. The largest absolute Gasteiger partial charge is 0.395 e. The van der Waals surface area contributed by atoms with Gasteiger partial charge < -0.3 is 15.2 Å². The Bertz CT molecular complexity index is 556. The molecule has 0 aliphatic carbocycles. The number of aliphatic hydroxyl groups excluding tert-OH is 1. The Morgan fingerprint density at radius 3 is 3.05 bits per heavy atom. The monoisotopic (exact) mass is 291 g/mol. The number of aliphatic hydroxyl groups is 1. The molecule has 5 heteroatoms. The highest BCUT2D eigenvalue weighted by molar-refractivity contribution is 5.94. The molecule has 2 rings (SSSR count). The van der Waals surface area contributed by atoms with Crippen LogP contribution in [-0.2, 0) is 4.74 Å². The van der Waals surface area contributed by atoms with E-state index in [2.05, 4.69) is 17.2 Å². The summed E-state index contributed by atoms with van der Waals surface area (Å²) in [6.45, 7) is 1.12. The first-order chi connectivity index (χ1) is 10.2. The molecule has 0 saturated carbocycles. The van der Waals surface area contributed by atoms with E-state index in [0.29, 0.717) is 13.0 Å². The molecular weight excluding hydrogens is 273 g/mol. The number of carbonyl (C=O) groups is 1. The lowest BCUT2D eigenvalue weighted by Gasteiger charge is -2.10. The molecule has 112 valence electrons. The number of halogens is 1. The van der Waals surface area contributed by atoms with Crippen molar-refractivity contribution in [1.29, 1.82) is 0 Å². The third-order valence-electron chi connectivity index (χ3n) is 3.21. The second-order valence-electron chi connectivity index (χ2n) is 4.82. The van der Waals surface area contributed by atoms with Crippen LogP contribution >= 0.6 is 0 Å². The standard InChI is InChI=1S/C16H18FNO3/c17-15-10-13(7-6-12(15)4-1-2-8-19)16(20)18-11-14-5-3-9-21-14/h6-7,10,14,19H,2-3,5,8-9,11H2,(H,18,20). The highest BCUT2D eigenvalue weighted by Gasteiger charge is 2.17. The predicted molar refractivity (Wildman–Crippen MR) is 76.3 cm³/mol. The SMILES string of the molecule is O=C(NCC1CCCO1)c1ccc(C#CCCO)c(F)c1. The van der Waals surface area contributed by atoms with E-state index < -0.39 is 5.82 Å². The van der Waals surface area contributed by atoms with Gasteiger partial charge in [-0.25, -0.2) is 4.39 Å². The van der Waals surface area contributed by atoms with Gasteiger partial charge in [0, 0.05) is 25.1 Å². The van der Waals surface area contributed by atoms with Crippen LogP contribution in [0.4, 0.5) is 4.39 Å². The van der Waals surface area contributed by atoms with Crippen LogP contribution < -0.4 is 5.32 Å². The molecule has 0 aromatic heterocycles. The van der Waals surface area contributed by atoms with Crippen molar-refractivity contribution in [3.05, 3.63) is 35.1 Å². The van der Waals surface area contributed by atoms with Crippen molar-refractivity contribution in [2.75, 3.05) is 19.8 Å². The molecule has 1 atom stereocenters. The molecule has 1 unspecified atom stereocenters. The summed E-state index contributed by atoms with van der Waals surface area (Å²) in [6.07, 6.45) is 2.30. The molecule has 4 nitrogen and oxygen atoms in total. The lowest BCUT2D eigenvalue weighted by Crippen LogP contribution is -2.31. The maximum absolute atomic E-state index is 13.8. The summed E-state index contributed by atoms with van der Waals surface area (Å²) in [7, 11) is 0. The van der Waals surface area contributed by atoms with E-state index in [4.69, 9.17) is 9.84 Å². The van der Waals surface area contributed by atoms with E-state index in [-0.39, 0.29) is 29.7 Å². The minimum atomic E-state index is -0.537. The smallest absolute Gasteiger partial charge is 0.251 e. The zero-order valence-electron chi connectivity index (χ0n) is 11.7. The van der Waals surface area contributed by atoms with E-state index in [0.717, 1.165) is 19.4 Å². The van der Waals surface area contributed by atoms with Gasteiger partial charge in [0.25, 0.3) is 5.91 Å². The summed E-state index contributed by atoms with van der Waals surface area (Å²) in [5.74, 6) is 4.41. The summed E-state index contributed by atoms with van der Waals surface area (Å²) in [4.78, 5) is 11.9. The summed E-state index contributed by atoms with van der Waals surface area (Å²) >= 11 is 0. The fraction of sp³-hybridized carbons (Fsp3) is 0.438. The maximum atomic E-state index is 13.8. The number of hydrogen-bond acceptors (Lipinski definition) is 3. The van der Waals surface area contributed by atoms with Crippen LogP contribution in [0.1, 0.15) is 35.2 Å². The van der Waals surface area contributed by atoms with Crippen molar-refractivity contribution in [3.63, 3.8) is 0 Å². The van der Waals surface area contributed by atoms with E-state index in [1.807, 2.05) is 0 Å². The van der Waals surface area contributed by atoms with E-state index in [1.165, 1.54) is 18.2 Å². The Balaban J connectivity index is 1.95. The van der Waals surface area contributed by atoms with Gasteiger partial charge in [-0.15, -0.1) is 0 Å². The number of nitrogens with one attached hydrogen (secondary N) is 1. The van der Waals surface area contributed by atoms with Gasteiger partial charge in [-0.1, -0.05) is 11.8 Å². The van der Waals surface area contributed by atoms with Crippen molar-refractivity contribution in [2.24, 2.45) is 0 Å². The molecule has 0 radical (unpaired) electrons. The Morgan fingerprint density at radius 1 is 1.52 bits per heavy atom. The molecule has 0 spiro atoms.